The zero-order valence-electron chi connectivity index (χ0n) is 17.9. The number of methoxy groups -OCH3 is 3. The molecule has 3 aromatic carbocycles. The Morgan fingerprint density at radius 3 is 2.00 bits per heavy atom. The van der Waals surface area contributed by atoms with E-state index in [9.17, 15) is 4.79 Å². The van der Waals surface area contributed by atoms with Crippen molar-refractivity contribution in [2.75, 3.05) is 27.9 Å². The van der Waals surface area contributed by atoms with E-state index < -0.39 is 5.97 Å². The molecular weight excluding hydrogens is 380 g/mol. The molecule has 5 heteroatoms. The van der Waals surface area contributed by atoms with Crippen molar-refractivity contribution < 1.29 is 23.7 Å². The molecule has 0 aromatic heterocycles. The van der Waals surface area contributed by atoms with E-state index >= 15 is 0 Å². The first-order chi connectivity index (χ1) is 14.5. The lowest BCUT2D eigenvalue weighted by Gasteiger charge is -2.21. The van der Waals surface area contributed by atoms with E-state index in [-0.39, 0.29) is 0 Å². The van der Waals surface area contributed by atoms with Crippen LogP contribution in [-0.2, 0) is 9.53 Å². The van der Waals surface area contributed by atoms with E-state index in [0.29, 0.717) is 17.9 Å². The Balaban J connectivity index is 2.37. The molecule has 0 heterocycles. The van der Waals surface area contributed by atoms with Crippen LogP contribution >= 0.6 is 0 Å². The van der Waals surface area contributed by atoms with Gasteiger partial charge in [-0.2, -0.15) is 0 Å². The first-order valence-electron chi connectivity index (χ1n) is 9.72. The van der Waals surface area contributed by atoms with Gasteiger partial charge >= 0.3 is 5.97 Å². The van der Waals surface area contributed by atoms with Gasteiger partial charge in [0.15, 0.2) is 0 Å². The zero-order chi connectivity index (χ0) is 21.7. The van der Waals surface area contributed by atoms with Crippen molar-refractivity contribution in [2.45, 2.75) is 13.8 Å². The quantitative estimate of drug-likeness (QED) is 0.400. The molecule has 0 N–H and O–H groups in total. The Bertz CT molecular complexity index is 1080. The average Bonchev–Trinajstić information content (AvgIpc) is 2.77. The second-order valence-electron chi connectivity index (χ2n) is 6.65. The van der Waals surface area contributed by atoms with Gasteiger partial charge in [0, 0.05) is 33.5 Å². The molecule has 3 aromatic rings. The summed E-state index contributed by atoms with van der Waals surface area (Å²) in [6.45, 7) is 4.04. The predicted octanol–water partition coefficient (Wildman–Crippen LogP) is 5.17. The van der Waals surface area contributed by atoms with Crippen LogP contribution in [0.2, 0.25) is 0 Å². The number of esters is 1. The highest BCUT2D eigenvalue weighted by molar-refractivity contribution is 6.05. The van der Waals surface area contributed by atoms with E-state index in [1.165, 1.54) is 6.08 Å². The topological polar surface area (TPSA) is 54.0 Å². The first-order valence-corrected chi connectivity index (χ1v) is 9.72. The van der Waals surface area contributed by atoms with Crippen molar-refractivity contribution in [2.24, 2.45) is 0 Å². The van der Waals surface area contributed by atoms with Gasteiger partial charge in [0.05, 0.1) is 27.9 Å². The average molecular weight is 406 g/mol. The molecule has 0 amide bonds. The summed E-state index contributed by atoms with van der Waals surface area (Å²) >= 11 is 0. The number of fused-ring (bicyclic) bond motifs is 1. The molecule has 0 saturated carbocycles. The van der Waals surface area contributed by atoms with Crippen LogP contribution < -0.4 is 14.2 Å². The third-order valence-electron chi connectivity index (χ3n) is 4.99. The highest BCUT2D eigenvalue weighted by Crippen LogP contribution is 2.45. The van der Waals surface area contributed by atoms with Gasteiger partial charge in [0.25, 0.3) is 0 Å². The van der Waals surface area contributed by atoms with Gasteiger partial charge in [-0.25, -0.2) is 4.79 Å². The van der Waals surface area contributed by atoms with E-state index in [4.69, 9.17) is 18.9 Å². The summed E-state index contributed by atoms with van der Waals surface area (Å²) in [5.41, 5.74) is 3.18. The number of hydrogen-bond acceptors (Lipinski definition) is 5. The van der Waals surface area contributed by atoms with Gasteiger partial charge < -0.3 is 18.9 Å². The van der Waals surface area contributed by atoms with Crippen LogP contribution in [0.25, 0.3) is 16.3 Å². The Morgan fingerprint density at radius 1 is 0.867 bits per heavy atom. The van der Waals surface area contributed by atoms with Crippen molar-refractivity contribution in [1.82, 2.24) is 0 Å². The van der Waals surface area contributed by atoms with Crippen molar-refractivity contribution in [3.8, 4) is 17.2 Å². The number of hydrogen-bond donors (Lipinski definition) is 0. The summed E-state index contributed by atoms with van der Waals surface area (Å²) in [4.78, 5) is 12.5. The van der Waals surface area contributed by atoms with Crippen molar-refractivity contribution >= 4 is 22.3 Å². The maximum absolute atomic E-state index is 12.5. The Hall–Kier alpha value is -3.47. The van der Waals surface area contributed by atoms with Crippen LogP contribution in [0.4, 0.5) is 0 Å². The van der Waals surface area contributed by atoms with E-state index in [1.54, 1.807) is 28.3 Å². The molecule has 0 radical (unpaired) electrons. The van der Waals surface area contributed by atoms with Crippen LogP contribution in [0.5, 0.6) is 17.2 Å². The maximum atomic E-state index is 12.5. The molecule has 0 aliphatic rings. The molecule has 156 valence electrons. The zero-order valence-corrected chi connectivity index (χ0v) is 17.9. The molecule has 0 atom stereocenters. The third kappa shape index (κ3) is 3.96. The van der Waals surface area contributed by atoms with Gasteiger partial charge in [-0.1, -0.05) is 36.4 Å². The number of rotatable bonds is 7. The number of carbonyl (C=O) groups is 1. The van der Waals surface area contributed by atoms with Crippen molar-refractivity contribution in [3.63, 3.8) is 0 Å². The smallest absolute Gasteiger partial charge is 0.331 e. The fourth-order valence-corrected chi connectivity index (χ4v) is 3.67. The number of carbonyl (C=O) groups excluding carboxylic acids is 1. The van der Waals surface area contributed by atoms with Crippen LogP contribution in [0.15, 0.2) is 54.6 Å². The maximum Gasteiger partial charge on any atom is 0.331 e. The van der Waals surface area contributed by atoms with Crippen LogP contribution in [0.3, 0.4) is 0 Å². The lowest BCUT2D eigenvalue weighted by molar-refractivity contribution is -0.137. The lowest BCUT2D eigenvalue weighted by Crippen LogP contribution is -2.05. The second kappa shape index (κ2) is 9.35. The number of benzene rings is 3. The summed E-state index contributed by atoms with van der Waals surface area (Å²) in [7, 11) is 4.89. The lowest BCUT2D eigenvalue weighted by atomic mass is 9.89. The van der Waals surface area contributed by atoms with Crippen LogP contribution in [0, 0.1) is 6.92 Å². The summed E-state index contributed by atoms with van der Waals surface area (Å²) in [5, 5.41) is 1.85. The van der Waals surface area contributed by atoms with Gasteiger partial charge in [-0.15, -0.1) is 0 Å². The molecule has 3 rings (SSSR count). The first kappa shape index (κ1) is 21.2. The van der Waals surface area contributed by atoms with Gasteiger partial charge in [-0.05, 0) is 31.5 Å². The summed E-state index contributed by atoms with van der Waals surface area (Å²) in [5.74, 6) is 1.73. The van der Waals surface area contributed by atoms with E-state index in [1.807, 2.05) is 55.5 Å². The normalized spacial score (nSPS) is 11.3. The SMILES string of the molecule is CCOC(=O)/C=C(/c1ccc(OC)cc1)c1c(C)c(OC)c2ccccc2c1OC. The minimum absolute atomic E-state index is 0.294. The van der Waals surface area contributed by atoms with Crippen molar-refractivity contribution in [1.29, 1.82) is 0 Å². The van der Waals surface area contributed by atoms with Gasteiger partial charge in [-0.3, -0.25) is 0 Å². The second-order valence-corrected chi connectivity index (χ2v) is 6.65. The molecule has 5 nitrogen and oxygen atoms in total. The van der Waals surface area contributed by atoms with E-state index in [2.05, 4.69) is 0 Å². The molecule has 0 aliphatic carbocycles. The summed E-state index contributed by atoms with van der Waals surface area (Å²) in [6, 6.07) is 15.4. The van der Waals surface area contributed by atoms with Crippen LogP contribution in [-0.4, -0.2) is 33.9 Å². The predicted molar refractivity (Wildman–Crippen MR) is 118 cm³/mol. The minimum atomic E-state index is -0.420. The Labute approximate surface area is 176 Å². The molecule has 0 spiro atoms. The monoisotopic (exact) mass is 406 g/mol. The standard InChI is InChI=1S/C25H26O5/c1-6-30-22(26)15-21(17-11-13-18(27-3)14-12-17)23-16(2)24(28-4)19-9-7-8-10-20(19)25(23)29-5/h7-15H,6H2,1-5H3/b21-15-. The minimum Gasteiger partial charge on any atom is -0.497 e. The highest BCUT2D eigenvalue weighted by atomic mass is 16.5. The third-order valence-corrected chi connectivity index (χ3v) is 4.99. The van der Waals surface area contributed by atoms with E-state index in [0.717, 1.165) is 39.0 Å². The Kier molecular flexibility index (Phi) is 6.62. The number of ether oxygens (including phenoxy) is 4. The molecule has 0 fully saturated rings. The summed E-state index contributed by atoms with van der Waals surface area (Å²) < 4.78 is 22.1. The molecule has 0 saturated heterocycles. The fraction of sp³-hybridized carbons (Fsp3) is 0.240. The van der Waals surface area contributed by atoms with Crippen molar-refractivity contribution in [3.05, 3.63) is 71.3 Å². The Morgan fingerprint density at radius 2 is 1.47 bits per heavy atom. The van der Waals surface area contributed by atoms with Gasteiger partial charge in [0.2, 0.25) is 0 Å². The molecule has 0 aliphatic heterocycles. The molecule has 0 unspecified atom stereocenters. The molecule has 30 heavy (non-hydrogen) atoms. The summed E-state index contributed by atoms with van der Waals surface area (Å²) in [6.07, 6.45) is 1.50. The van der Waals surface area contributed by atoms with Gasteiger partial charge in [0.1, 0.15) is 17.2 Å². The fourth-order valence-electron chi connectivity index (χ4n) is 3.67. The highest BCUT2D eigenvalue weighted by Gasteiger charge is 2.23. The molecule has 0 bridgehead atoms. The largest absolute Gasteiger partial charge is 0.497 e. The molecular formula is C25H26O5. The van der Waals surface area contributed by atoms with Crippen LogP contribution in [0.1, 0.15) is 23.6 Å².